The second-order valence-corrected chi connectivity index (χ2v) is 7.26. The first kappa shape index (κ1) is 20.3. The molecule has 31 heavy (non-hydrogen) atoms. The minimum Gasteiger partial charge on any atom is -0.326 e. The Kier molecular flexibility index (Phi) is 5.48. The zero-order valence-corrected chi connectivity index (χ0v) is 16.8. The zero-order chi connectivity index (χ0) is 22.0. The van der Waals surface area contributed by atoms with Gasteiger partial charge in [0.15, 0.2) is 5.69 Å². The summed E-state index contributed by atoms with van der Waals surface area (Å²) in [5, 5.41) is 7.71. The molecule has 2 aromatic carbocycles. The summed E-state index contributed by atoms with van der Waals surface area (Å²) in [5.74, 6) is -2.17. The molecule has 0 saturated heterocycles. The number of aromatic nitrogens is 2. The van der Waals surface area contributed by atoms with E-state index in [-0.39, 0.29) is 23.6 Å². The summed E-state index contributed by atoms with van der Waals surface area (Å²) >= 11 is 0. The Morgan fingerprint density at radius 2 is 1.77 bits per heavy atom. The molecule has 9 heteroatoms. The quantitative estimate of drug-likeness (QED) is 0.556. The molecule has 0 bridgehead atoms. The zero-order valence-electron chi connectivity index (χ0n) is 16.8. The van der Waals surface area contributed by atoms with Gasteiger partial charge in [-0.1, -0.05) is 43.3 Å². The molecule has 0 saturated carbocycles. The molecule has 2 heterocycles. The summed E-state index contributed by atoms with van der Waals surface area (Å²) in [7, 11) is 0. The van der Waals surface area contributed by atoms with E-state index < -0.39 is 17.7 Å². The van der Waals surface area contributed by atoms with Crippen LogP contribution in [0.2, 0.25) is 0 Å². The van der Waals surface area contributed by atoms with Crippen molar-refractivity contribution in [1.29, 1.82) is 0 Å². The van der Waals surface area contributed by atoms with E-state index >= 15 is 0 Å². The number of hydrogen-bond donors (Lipinski definition) is 3. The van der Waals surface area contributed by atoms with E-state index in [1.54, 1.807) is 48.5 Å². The van der Waals surface area contributed by atoms with Crippen LogP contribution in [0.25, 0.3) is 10.8 Å². The number of benzene rings is 2. The fraction of sp³-hybridized carbons (Fsp3) is 0.227. The Labute approximate surface area is 177 Å². The van der Waals surface area contributed by atoms with Crippen LogP contribution >= 0.6 is 0 Å². The van der Waals surface area contributed by atoms with E-state index in [1.165, 1.54) is 4.68 Å². The molecule has 3 N–H and O–H groups in total. The normalized spacial score (nSPS) is 15.1. The van der Waals surface area contributed by atoms with Crippen molar-refractivity contribution in [2.75, 3.05) is 5.32 Å². The molecule has 0 spiro atoms. The predicted molar refractivity (Wildman–Crippen MR) is 114 cm³/mol. The number of anilines is 1. The van der Waals surface area contributed by atoms with E-state index in [0.29, 0.717) is 35.0 Å². The lowest BCUT2D eigenvalue weighted by Crippen LogP contribution is -2.46. The highest BCUT2D eigenvalue weighted by Gasteiger charge is 2.31. The van der Waals surface area contributed by atoms with Gasteiger partial charge in [0.05, 0.1) is 11.3 Å². The third-order valence-corrected chi connectivity index (χ3v) is 5.13. The molecule has 0 aliphatic carbocycles. The lowest BCUT2D eigenvalue weighted by atomic mass is 9.90. The van der Waals surface area contributed by atoms with Gasteiger partial charge in [0, 0.05) is 24.0 Å². The van der Waals surface area contributed by atoms with Crippen molar-refractivity contribution in [2.24, 2.45) is 0 Å². The summed E-state index contributed by atoms with van der Waals surface area (Å²) < 4.78 is 1.25. The van der Waals surface area contributed by atoms with Crippen molar-refractivity contribution < 1.29 is 14.4 Å². The topological polar surface area (TPSA) is 122 Å². The van der Waals surface area contributed by atoms with Crippen LogP contribution in [0.15, 0.2) is 53.3 Å². The Balaban J connectivity index is 1.58. The smallest absolute Gasteiger partial charge is 0.290 e. The van der Waals surface area contributed by atoms with E-state index in [0.717, 1.165) is 0 Å². The standard InChI is InChI=1S/C22H21N5O4/c1-2-11-27-22(31)15-9-4-3-8-14(15)19(26-27)21(30)25-24-20(29)16-12-18(28)23-17-10-6-5-7-13(16)17/h3-10,16H,2,11-12H2,1H3,(H,23,28)(H,24,29)(H,25,30). The summed E-state index contributed by atoms with van der Waals surface area (Å²) in [6.07, 6.45) is 0.646. The van der Waals surface area contributed by atoms with Gasteiger partial charge in [-0.3, -0.25) is 30.0 Å². The first-order valence-corrected chi connectivity index (χ1v) is 9.98. The number of hydrogen-bond acceptors (Lipinski definition) is 5. The summed E-state index contributed by atoms with van der Waals surface area (Å²) in [6, 6.07) is 13.7. The largest absolute Gasteiger partial charge is 0.326 e. The number of aryl methyl sites for hydroxylation is 1. The van der Waals surface area contributed by atoms with Crippen molar-refractivity contribution in [2.45, 2.75) is 32.2 Å². The Hall–Kier alpha value is -4.01. The maximum atomic E-state index is 12.8. The Morgan fingerprint density at radius 3 is 2.55 bits per heavy atom. The van der Waals surface area contributed by atoms with E-state index in [4.69, 9.17) is 0 Å². The Bertz CT molecular complexity index is 1250. The number of carbonyl (C=O) groups is 3. The highest BCUT2D eigenvalue weighted by Crippen LogP contribution is 2.31. The molecule has 4 rings (SSSR count). The van der Waals surface area contributed by atoms with E-state index in [2.05, 4.69) is 21.3 Å². The van der Waals surface area contributed by atoms with Gasteiger partial charge < -0.3 is 5.32 Å². The molecule has 3 amide bonds. The summed E-state index contributed by atoms with van der Waals surface area (Å²) in [5.41, 5.74) is 5.78. The minimum absolute atomic E-state index is 0.0265. The van der Waals surface area contributed by atoms with Crippen molar-refractivity contribution in [3.05, 3.63) is 70.1 Å². The van der Waals surface area contributed by atoms with Crippen LogP contribution in [0.1, 0.15) is 41.7 Å². The Morgan fingerprint density at radius 1 is 1.06 bits per heavy atom. The molecular weight excluding hydrogens is 398 g/mol. The molecule has 0 radical (unpaired) electrons. The van der Waals surface area contributed by atoms with Gasteiger partial charge >= 0.3 is 0 Å². The number of para-hydroxylation sites is 1. The van der Waals surface area contributed by atoms with Gasteiger partial charge in [-0.05, 0) is 24.1 Å². The van der Waals surface area contributed by atoms with Crippen LogP contribution in [0.5, 0.6) is 0 Å². The highest BCUT2D eigenvalue weighted by atomic mass is 16.2. The molecule has 1 aliphatic rings. The average Bonchev–Trinajstić information content (AvgIpc) is 2.78. The van der Waals surface area contributed by atoms with Gasteiger partial charge in [0.25, 0.3) is 11.5 Å². The lowest BCUT2D eigenvalue weighted by molar-refractivity contribution is -0.126. The molecule has 1 atom stereocenters. The summed E-state index contributed by atoms with van der Waals surface area (Å²) in [4.78, 5) is 50.1. The van der Waals surface area contributed by atoms with Gasteiger partial charge in [0.2, 0.25) is 11.8 Å². The van der Waals surface area contributed by atoms with Crippen LogP contribution in [-0.4, -0.2) is 27.5 Å². The first-order chi connectivity index (χ1) is 15.0. The monoisotopic (exact) mass is 419 g/mol. The lowest BCUT2D eigenvalue weighted by Gasteiger charge is -2.24. The van der Waals surface area contributed by atoms with Crippen molar-refractivity contribution in [3.63, 3.8) is 0 Å². The first-order valence-electron chi connectivity index (χ1n) is 9.98. The average molecular weight is 419 g/mol. The molecule has 1 unspecified atom stereocenters. The SMILES string of the molecule is CCCn1nc(C(=O)NNC(=O)C2CC(=O)Nc3ccccc32)c2ccccc2c1=O. The maximum absolute atomic E-state index is 12.8. The number of carbonyl (C=O) groups excluding carboxylic acids is 3. The van der Waals surface area contributed by atoms with Crippen LogP contribution < -0.4 is 21.7 Å². The molecular formula is C22H21N5O4. The molecule has 1 aromatic heterocycles. The van der Waals surface area contributed by atoms with E-state index in [9.17, 15) is 19.2 Å². The third-order valence-electron chi connectivity index (χ3n) is 5.13. The second-order valence-electron chi connectivity index (χ2n) is 7.26. The van der Waals surface area contributed by atoms with Crippen LogP contribution in [-0.2, 0) is 16.1 Å². The number of hydrazine groups is 1. The number of rotatable bonds is 4. The summed E-state index contributed by atoms with van der Waals surface area (Å²) in [6.45, 7) is 2.27. The molecule has 9 nitrogen and oxygen atoms in total. The second kappa shape index (κ2) is 8.39. The van der Waals surface area contributed by atoms with Crippen molar-refractivity contribution >= 4 is 34.2 Å². The van der Waals surface area contributed by atoms with Gasteiger partial charge in [-0.2, -0.15) is 5.10 Å². The highest BCUT2D eigenvalue weighted by molar-refractivity contribution is 6.06. The molecule has 0 fully saturated rings. The van der Waals surface area contributed by atoms with Gasteiger partial charge in [-0.25, -0.2) is 4.68 Å². The number of nitrogens with zero attached hydrogens (tertiary/aromatic N) is 2. The number of amides is 3. The van der Waals surface area contributed by atoms with Crippen molar-refractivity contribution in [3.8, 4) is 0 Å². The van der Waals surface area contributed by atoms with Crippen molar-refractivity contribution in [1.82, 2.24) is 20.6 Å². The van der Waals surface area contributed by atoms with Crippen LogP contribution in [0.3, 0.4) is 0 Å². The fourth-order valence-corrected chi connectivity index (χ4v) is 3.68. The predicted octanol–water partition coefficient (Wildman–Crippen LogP) is 1.69. The number of fused-ring (bicyclic) bond motifs is 2. The third kappa shape index (κ3) is 3.89. The maximum Gasteiger partial charge on any atom is 0.290 e. The van der Waals surface area contributed by atoms with Crippen LogP contribution in [0, 0.1) is 0 Å². The minimum atomic E-state index is -0.732. The van der Waals surface area contributed by atoms with Gasteiger partial charge in [0.1, 0.15) is 0 Å². The molecule has 158 valence electrons. The van der Waals surface area contributed by atoms with E-state index in [1.807, 2.05) is 6.92 Å². The van der Waals surface area contributed by atoms with Gasteiger partial charge in [-0.15, -0.1) is 0 Å². The molecule has 3 aromatic rings. The number of nitrogens with one attached hydrogen (secondary N) is 3. The van der Waals surface area contributed by atoms with Crippen LogP contribution in [0.4, 0.5) is 5.69 Å². The fourth-order valence-electron chi connectivity index (χ4n) is 3.68. The molecule has 1 aliphatic heterocycles.